The van der Waals surface area contributed by atoms with Crippen molar-refractivity contribution in [1.29, 1.82) is 0 Å². The van der Waals surface area contributed by atoms with Gasteiger partial charge in [-0.15, -0.1) is 0 Å². The van der Waals surface area contributed by atoms with E-state index >= 15 is 0 Å². The van der Waals surface area contributed by atoms with Crippen molar-refractivity contribution >= 4 is 17.5 Å². The van der Waals surface area contributed by atoms with E-state index in [0.717, 1.165) is 11.4 Å². The zero-order valence-electron chi connectivity index (χ0n) is 11.7. The largest absolute Gasteiger partial charge is 0.497 e. The predicted octanol–water partition coefficient (Wildman–Crippen LogP) is 3.16. The fraction of sp³-hybridized carbons (Fsp3) is 0.267. The van der Waals surface area contributed by atoms with Gasteiger partial charge in [-0.3, -0.25) is 4.79 Å². The van der Waals surface area contributed by atoms with Gasteiger partial charge in [0.25, 0.3) is 0 Å². The van der Waals surface area contributed by atoms with Crippen molar-refractivity contribution in [2.75, 3.05) is 7.11 Å². The smallest absolute Gasteiger partial charge is 0.188 e. The molecule has 0 bridgehead atoms. The van der Waals surface area contributed by atoms with E-state index in [0.29, 0.717) is 10.7 Å². The average Bonchev–Trinajstić information content (AvgIpc) is 2.46. The Bertz CT molecular complexity index is 599. The molecular formula is C15H16N2O2S. The normalized spacial score (nSPS) is 11.9. The first kappa shape index (κ1) is 14.5. The first-order chi connectivity index (χ1) is 9.60. The lowest BCUT2D eigenvalue weighted by Gasteiger charge is -2.09. The molecular weight excluding hydrogens is 272 g/mol. The first-order valence-corrected chi connectivity index (χ1v) is 7.12. The predicted molar refractivity (Wildman–Crippen MR) is 79.4 cm³/mol. The van der Waals surface area contributed by atoms with Gasteiger partial charge in [0.2, 0.25) is 0 Å². The highest BCUT2D eigenvalue weighted by Crippen LogP contribution is 2.23. The molecule has 0 aliphatic carbocycles. The highest BCUT2D eigenvalue weighted by molar-refractivity contribution is 8.00. The van der Waals surface area contributed by atoms with Crippen LogP contribution in [0.15, 0.2) is 41.7 Å². The van der Waals surface area contributed by atoms with E-state index in [1.807, 2.05) is 19.9 Å². The molecule has 1 heterocycles. The fourth-order valence-corrected chi connectivity index (χ4v) is 2.56. The minimum absolute atomic E-state index is 0.0581. The number of benzene rings is 1. The minimum atomic E-state index is -0.231. The first-order valence-electron chi connectivity index (χ1n) is 6.24. The number of aromatic nitrogens is 2. The summed E-state index contributed by atoms with van der Waals surface area (Å²) in [4.78, 5) is 20.8. The van der Waals surface area contributed by atoms with Crippen LogP contribution in [-0.2, 0) is 0 Å². The van der Waals surface area contributed by atoms with E-state index in [9.17, 15) is 4.79 Å². The van der Waals surface area contributed by atoms with Crippen molar-refractivity contribution < 1.29 is 9.53 Å². The van der Waals surface area contributed by atoms with Crippen LogP contribution in [0.25, 0.3) is 0 Å². The summed E-state index contributed by atoms with van der Waals surface area (Å²) in [5, 5.41) is 0.393. The molecule has 0 spiro atoms. The Morgan fingerprint density at radius 1 is 1.25 bits per heavy atom. The maximum absolute atomic E-state index is 12.3. The number of hydrogen-bond acceptors (Lipinski definition) is 5. The van der Waals surface area contributed by atoms with Gasteiger partial charge < -0.3 is 4.74 Å². The number of carbonyl (C=O) groups is 1. The molecule has 0 N–H and O–H groups in total. The van der Waals surface area contributed by atoms with Crippen molar-refractivity contribution in [3.05, 3.63) is 47.8 Å². The van der Waals surface area contributed by atoms with Crippen LogP contribution in [0.4, 0.5) is 0 Å². The van der Waals surface area contributed by atoms with Gasteiger partial charge in [-0.05, 0) is 44.2 Å². The third-order valence-corrected chi connectivity index (χ3v) is 3.77. The molecule has 1 aromatic heterocycles. The van der Waals surface area contributed by atoms with E-state index in [1.165, 1.54) is 11.8 Å². The lowest BCUT2D eigenvalue weighted by molar-refractivity contribution is 0.0994. The Kier molecular flexibility index (Phi) is 4.74. The molecule has 4 nitrogen and oxygen atoms in total. The second kappa shape index (κ2) is 6.52. The number of ketones is 1. The summed E-state index contributed by atoms with van der Waals surface area (Å²) in [6.45, 7) is 3.77. The Hall–Kier alpha value is -1.88. The van der Waals surface area contributed by atoms with Crippen molar-refractivity contribution in [2.24, 2.45) is 0 Å². The quantitative estimate of drug-likeness (QED) is 0.480. The van der Waals surface area contributed by atoms with E-state index in [2.05, 4.69) is 9.97 Å². The molecule has 104 valence electrons. The highest BCUT2D eigenvalue weighted by atomic mass is 32.2. The Balaban J connectivity index is 2.07. The summed E-state index contributed by atoms with van der Waals surface area (Å²) < 4.78 is 5.08. The lowest BCUT2D eigenvalue weighted by Crippen LogP contribution is -2.14. The van der Waals surface area contributed by atoms with Crippen molar-refractivity contribution in [3.8, 4) is 5.75 Å². The molecule has 1 aromatic carbocycles. The zero-order valence-corrected chi connectivity index (χ0v) is 12.5. The summed E-state index contributed by atoms with van der Waals surface area (Å²) in [7, 11) is 1.60. The Labute approximate surface area is 122 Å². The van der Waals surface area contributed by atoms with Gasteiger partial charge in [0.05, 0.1) is 12.4 Å². The number of carbonyl (C=O) groups excluding carboxylic acids is 1. The lowest BCUT2D eigenvalue weighted by atomic mass is 10.1. The molecule has 0 radical (unpaired) electrons. The molecule has 1 atom stereocenters. The van der Waals surface area contributed by atoms with Crippen LogP contribution in [0.5, 0.6) is 5.75 Å². The molecule has 0 aliphatic rings. The molecule has 2 aromatic rings. The molecule has 0 saturated carbocycles. The third kappa shape index (κ3) is 3.57. The van der Waals surface area contributed by atoms with Gasteiger partial charge in [0.1, 0.15) is 5.75 Å². The van der Waals surface area contributed by atoms with Crippen molar-refractivity contribution in [1.82, 2.24) is 9.97 Å². The van der Waals surface area contributed by atoms with Crippen LogP contribution in [0.3, 0.4) is 0 Å². The summed E-state index contributed by atoms with van der Waals surface area (Å²) in [5.41, 5.74) is 1.56. The van der Waals surface area contributed by atoms with Crippen LogP contribution in [-0.4, -0.2) is 28.1 Å². The number of aryl methyl sites for hydroxylation is 1. The SMILES string of the molecule is COc1ccc(C(=O)C(C)Sc2nccc(C)n2)cc1. The van der Waals surface area contributed by atoms with Gasteiger partial charge >= 0.3 is 0 Å². The molecule has 0 amide bonds. The summed E-state index contributed by atoms with van der Waals surface area (Å²) >= 11 is 1.37. The molecule has 1 unspecified atom stereocenters. The van der Waals surface area contributed by atoms with Crippen LogP contribution in [0, 0.1) is 6.92 Å². The highest BCUT2D eigenvalue weighted by Gasteiger charge is 2.17. The second-order valence-electron chi connectivity index (χ2n) is 4.33. The summed E-state index contributed by atoms with van der Waals surface area (Å²) in [5.74, 6) is 0.798. The van der Waals surface area contributed by atoms with Crippen LogP contribution >= 0.6 is 11.8 Å². The molecule has 5 heteroatoms. The number of ether oxygens (including phenoxy) is 1. The van der Waals surface area contributed by atoms with E-state index in [1.54, 1.807) is 37.6 Å². The average molecular weight is 288 g/mol. The summed E-state index contributed by atoms with van der Waals surface area (Å²) in [6, 6.07) is 8.95. The minimum Gasteiger partial charge on any atom is -0.497 e. The molecule has 0 aliphatic heterocycles. The molecule has 0 saturated heterocycles. The van der Waals surface area contributed by atoms with E-state index in [4.69, 9.17) is 4.74 Å². The number of thioether (sulfide) groups is 1. The van der Waals surface area contributed by atoms with Gasteiger partial charge in [-0.2, -0.15) is 0 Å². The second-order valence-corrected chi connectivity index (χ2v) is 5.64. The summed E-state index contributed by atoms with van der Waals surface area (Å²) in [6.07, 6.45) is 1.70. The van der Waals surface area contributed by atoms with Crippen LogP contribution < -0.4 is 4.74 Å². The number of methoxy groups -OCH3 is 1. The zero-order chi connectivity index (χ0) is 14.5. The Morgan fingerprint density at radius 3 is 2.55 bits per heavy atom. The topological polar surface area (TPSA) is 52.1 Å². The van der Waals surface area contributed by atoms with Gasteiger partial charge in [0, 0.05) is 17.5 Å². The Morgan fingerprint density at radius 2 is 1.95 bits per heavy atom. The maximum Gasteiger partial charge on any atom is 0.188 e. The molecule has 2 rings (SSSR count). The number of Topliss-reactive ketones (excluding diaryl/α,β-unsaturated/α-hetero) is 1. The van der Waals surface area contributed by atoms with Crippen molar-refractivity contribution in [3.63, 3.8) is 0 Å². The van der Waals surface area contributed by atoms with E-state index in [-0.39, 0.29) is 11.0 Å². The van der Waals surface area contributed by atoms with E-state index < -0.39 is 0 Å². The monoisotopic (exact) mass is 288 g/mol. The maximum atomic E-state index is 12.3. The third-order valence-electron chi connectivity index (χ3n) is 2.80. The van der Waals surface area contributed by atoms with Gasteiger partial charge in [-0.25, -0.2) is 9.97 Å². The molecule has 20 heavy (non-hydrogen) atoms. The number of hydrogen-bond donors (Lipinski definition) is 0. The number of rotatable bonds is 5. The van der Waals surface area contributed by atoms with Gasteiger partial charge in [0.15, 0.2) is 10.9 Å². The van der Waals surface area contributed by atoms with Crippen LogP contribution in [0.1, 0.15) is 23.0 Å². The fourth-order valence-electron chi connectivity index (χ4n) is 1.68. The van der Waals surface area contributed by atoms with Gasteiger partial charge in [-0.1, -0.05) is 11.8 Å². The standard InChI is InChI=1S/C15H16N2O2S/c1-10-8-9-16-15(17-10)20-11(2)14(18)12-4-6-13(19-3)7-5-12/h4-9,11H,1-3H3. The van der Waals surface area contributed by atoms with Crippen LogP contribution in [0.2, 0.25) is 0 Å². The number of nitrogens with zero attached hydrogens (tertiary/aromatic N) is 2. The van der Waals surface area contributed by atoms with Crippen molar-refractivity contribution in [2.45, 2.75) is 24.3 Å². The molecule has 0 fully saturated rings.